The highest BCUT2D eigenvalue weighted by Gasteiger charge is 2.47. The molecule has 3 aromatic rings. The van der Waals surface area contributed by atoms with Gasteiger partial charge in [0.15, 0.2) is 0 Å². The van der Waals surface area contributed by atoms with Crippen LogP contribution in [0.2, 0.25) is 0 Å². The number of carbonyl (C=O) groups is 1. The van der Waals surface area contributed by atoms with Crippen LogP contribution in [0.3, 0.4) is 0 Å². The Kier molecular flexibility index (Phi) is 4.38. The predicted octanol–water partition coefficient (Wildman–Crippen LogP) is 5.28. The smallest absolute Gasteiger partial charge is 0.267 e. The molecule has 3 aromatic carbocycles. The van der Waals surface area contributed by atoms with Crippen LogP contribution in [0.15, 0.2) is 70.3 Å². The summed E-state index contributed by atoms with van der Waals surface area (Å²) in [5.41, 5.74) is 6.52. The number of rotatable bonds is 2. The predicted molar refractivity (Wildman–Crippen MR) is 120 cm³/mol. The van der Waals surface area contributed by atoms with Crippen molar-refractivity contribution in [2.75, 3.05) is 10.0 Å². The first-order valence-corrected chi connectivity index (χ1v) is 10.4. The van der Waals surface area contributed by atoms with E-state index in [0.717, 1.165) is 32.5 Å². The quantitative estimate of drug-likeness (QED) is 0.519. The SMILES string of the molecule is Cc1cc(C)c(C2=NON3N(C(=O)c4ccc(Br)cc4)c4ccccc4N23)c(C)c1. The Morgan fingerprint density at radius 2 is 1.57 bits per heavy atom. The molecule has 2 heterocycles. The number of benzene rings is 3. The number of carbonyl (C=O) groups excluding carboxylic acids is 1. The number of para-hydroxylation sites is 2. The molecule has 1 amide bonds. The number of amidine groups is 1. The Morgan fingerprint density at radius 1 is 0.933 bits per heavy atom. The van der Waals surface area contributed by atoms with Gasteiger partial charge in [0.1, 0.15) is 0 Å². The van der Waals surface area contributed by atoms with E-state index >= 15 is 0 Å². The maximum absolute atomic E-state index is 13.4. The molecule has 0 N–H and O–H groups in total. The highest BCUT2D eigenvalue weighted by atomic mass is 79.9. The second-order valence-corrected chi connectivity index (χ2v) is 8.36. The van der Waals surface area contributed by atoms with Crippen LogP contribution in [-0.4, -0.2) is 17.0 Å². The van der Waals surface area contributed by atoms with Crippen molar-refractivity contribution in [3.05, 3.63) is 93.0 Å². The van der Waals surface area contributed by atoms with Crippen molar-refractivity contribution in [1.82, 2.24) is 5.28 Å². The largest absolute Gasteiger partial charge is 0.277 e. The zero-order valence-corrected chi connectivity index (χ0v) is 18.3. The number of anilines is 2. The van der Waals surface area contributed by atoms with E-state index in [0.29, 0.717) is 11.4 Å². The van der Waals surface area contributed by atoms with Gasteiger partial charge in [-0.25, -0.2) is 0 Å². The van der Waals surface area contributed by atoms with Gasteiger partial charge in [-0.2, -0.15) is 10.0 Å². The van der Waals surface area contributed by atoms with Crippen molar-refractivity contribution < 1.29 is 9.73 Å². The van der Waals surface area contributed by atoms with Crippen LogP contribution in [0.4, 0.5) is 11.4 Å². The Bertz CT molecular complexity index is 1180. The number of hydrogen-bond donors (Lipinski definition) is 0. The van der Waals surface area contributed by atoms with Crippen molar-refractivity contribution in [3.8, 4) is 0 Å². The molecule has 0 saturated carbocycles. The number of nitrogens with zero attached hydrogens (tertiary/aromatic N) is 4. The van der Waals surface area contributed by atoms with Crippen LogP contribution in [0, 0.1) is 20.8 Å². The molecule has 30 heavy (non-hydrogen) atoms. The molecule has 2 aliphatic rings. The number of amides is 1. The van der Waals surface area contributed by atoms with Gasteiger partial charge in [0, 0.05) is 15.6 Å². The molecule has 150 valence electrons. The maximum atomic E-state index is 13.4. The number of oxime groups is 1. The number of halogens is 1. The third kappa shape index (κ3) is 2.81. The summed E-state index contributed by atoms with van der Waals surface area (Å²) in [6, 6.07) is 19.2. The van der Waals surface area contributed by atoms with E-state index in [4.69, 9.17) is 4.94 Å². The monoisotopic (exact) mass is 462 g/mol. The average Bonchev–Trinajstić information content (AvgIpc) is 3.26. The Morgan fingerprint density at radius 3 is 2.23 bits per heavy atom. The third-order valence-electron chi connectivity index (χ3n) is 5.27. The summed E-state index contributed by atoms with van der Waals surface area (Å²) in [7, 11) is 0. The highest BCUT2D eigenvalue weighted by molar-refractivity contribution is 9.10. The zero-order valence-electron chi connectivity index (χ0n) is 16.8. The standard InChI is InChI=1S/C23H19BrN4O2/c1-14-12-15(2)21(16(3)13-14)22-25-30-28-26(22)19-6-4-5-7-20(19)27(28)23(29)17-8-10-18(24)11-9-17/h4-13H,1-3H3. The van der Waals surface area contributed by atoms with Gasteiger partial charge in [0.25, 0.3) is 5.91 Å². The molecule has 0 radical (unpaired) electrons. The lowest BCUT2D eigenvalue weighted by molar-refractivity contribution is -0.135. The lowest BCUT2D eigenvalue weighted by Crippen LogP contribution is -2.49. The summed E-state index contributed by atoms with van der Waals surface area (Å²) in [4.78, 5) is 19.1. The van der Waals surface area contributed by atoms with Crippen LogP contribution >= 0.6 is 15.9 Å². The van der Waals surface area contributed by atoms with E-state index in [1.165, 1.54) is 15.9 Å². The Balaban J connectivity index is 1.60. The van der Waals surface area contributed by atoms with Crippen LogP contribution in [0.25, 0.3) is 0 Å². The van der Waals surface area contributed by atoms with Crippen molar-refractivity contribution in [2.45, 2.75) is 20.8 Å². The molecule has 7 heteroatoms. The van der Waals surface area contributed by atoms with Gasteiger partial charge < -0.3 is 0 Å². The molecule has 0 fully saturated rings. The summed E-state index contributed by atoms with van der Waals surface area (Å²) in [5, 5.41) is 9.12. The first-order valence-electron chi connectivity index (χ1n) is 9.58. The maximum Gasteiger partial charge on any atom is 0.277 e. The van der Waals surface area contributed by atoms with Gasteiger partial charge in [0.2, 0.25) is 5.84 Å². The van der Waals surface area contributed by atoms with E-state index in [-0.39, 0.29) is 5.91 Å². The molecule has 0 saturated heterocycles. The summed E-state index contributed by atoms with van der Waals surface area (Å²) in [5.74, 6) is 0.454. The van der Waals surface area contributed by atoms with Crippen molar-refractivity contribution in [1.29, 1.82) is 0 Å². The molecule has 5 rings (SSSR count). The number of aryl methyl sites for hydroxylation is 3. The summed E-state index contributed by atoms with van der Waals surface area (Å²) in [6.45, 7) is 6.20. The van der Waals surface area contributed by atoms with Gasteiger partial charge in [-0.05, 0) is 73.5 Å². The normalized spacial score (nSPS) is 15.0. The van der Waals surface area contributed by atoms with Crippen LogP contribution in [0.5, 0.6) is 0 Å². The summed E-state index contributed by atoms with van der Waals surface area (Å²) < 4.78 is 0.913. The molecule has 0 bridgehead atoms. The van der Waals surface area contributed by atoms with Crippen molar-refractivity contribution in [2.24, 2.45) is 5.16 Å². The number of hydrazine groups is 2. The minimum Gasteiger partial charge on any atom is -0.267 e. The molecule has 0 aliphatic carbocycles. The average molecular weight is 463 g/mol. The lowest BCUT2D eigenvalue weighted by atomic mass is 9.98. The van der Waals surface area contributed by atoms with Gasteiger partial charge in [-0.3, -0.25) is 9.73 Å². The van der Waals surface area contributed by atoms with Crippen molar-refractivity contribution in [3.63, 3.8) is 0 Å². The van der Waals surface area contributed by atoms with Crippen LogP contribution < -0.4 is 10.0 Å². The molecule has 0 atom stereocenters. The second kappa shape index (κ2) is 6.97. The number of fused-ring (bicyclic) bond motifs is 3. The fourth-order valence-corrected chi connectivity index (χ4v) is 4.33. The highest BCUT2D eigenvalue weighted by Crippen LogP contribution is 2.43. The molecule has 0 unspecified atom stereocenters. The molecule has 0 spiro atoms. The van der Waals surface area contributed by atoms with Gasteiger partial charge in [-0.1, -0.05) is 45.8 Å². The van der Waals surface area contributed by atoms with E-state index in [2.05, 4.69) is 54.0 Å². The lowest BCUT2D eigenvalue weighted by Gasteiger charge is -2.25. The van der Waals surface area contributed by atoms with Gasteiger partial charge >= 0.3 is 0 Å². The minimum absolute atomic E-state index is 0.203. The topological polar surface area (TPSA) is 48.4 Å². The molecular weight excluding hydrogens is 444 g/mol. The third-order valence-corrected chi connectivity index (χ3v) is 5.79. The Labute approximate surface area is 183 Å². The van der Waals surface area contributed by atoms with E-state index in [1.807, 2.05) is 41.4 Å². The van der Waals surface area contributed by atoms with Crippen LogP contribution in [0.1, 0.15) is 32.6 Å². The first-order chi connectivity index (χ1) is 14.5. The molecular formula is C23H19BrN4O2. The molecule has 2 aliphatic heterocycles. The van der Waals surface area contributed by atoms with Crippen molar-refractivity contribution >= 4 is 39.0 Å². The number of hydrogen-bond acceptors (Lipinski definition) is 5. The van der Waals surface area contributed by atoms with Gasteiger partial charge in [-0.15, -0.1) is 0 Å². The fourth-order valence-electron chi connectivity index (χ4n) is 4.06. The van der Waals surface area contributed by atoms with Gasteiger partial charge in [0.05, 0.1) is 16.7 Å². The fraction of sp³-hybridized carbons (Fsp3) is 0.130. The van der Waals surface area contributed by atoms with E-state index in [1.54, 1.807) is 12.1 Å². The second-order valence-electron chi connectivity index (χ2n) is 7.45. The summed E-state index contributed by atoms with van der Waals surface area (Å²) >= 11 is 3.41. The van der Waals surface area contributed by atoms with Crippen LogP contribution in [-0.2, 0) is 4.94 Å². The van der Waals surface area contributed by atoms with E-state index in [9.17, 15) is 4.79 Å². The zero-order chi connectivity index (χ0) is 21.0. The molecule has 6 nitrogen and oxygen atoms in total. The first kappa shape index (κ1) is 18.8. The Hall–Kier alpha value is -3.16. The van der Waals surface area contributed by atoms with E-state index < -0.39 is 0 Å². The molecule has 0 aromatic heterocycles. The summed E-state index contributed by atoms with van der Waals surface area (Å²) in [6.07, 6.45) is 0. The minimum atomic E-state index is -0.203.